The molecule has 1 aliphatic heterocycles. The predicted molar refractivity (Wildman–Crippen MR) is 72.7 cm³/mol. The number of carbonyl (C=O) groups excluding carboxylic acids is 1. The van der Waals surface area contributed by atoms with E-state index >= 15 is 0 Å². The topological polar surface area (TPSA) is 59.0 Å². The molecule has 5 heteroatoms. The van der Waals surface area contributed by atoms with Crippen LogP contribution >= 0.6 is 0 Å². The number of carbonyl (C=O) groups is 1. The Bertz CT molecular complexity index is 368. The van der Waals surface area contributed by atoms with Crippen LogP contribution in [0.15, 0.2) is 12.7 Å². The number of nitrogens with zero attached hydrogens (tertiary/aromatic N) is 1. The highest BCUT2D eigenvalue weighted by Crippen LogP contribution is 2.34. The maximum absolute atomic E-state index is 12.3. The Hall–Kier alpha value is -1.07. The van der Waals surface area contributed by atoms with E-state index in [-0.39, 0.29) is 6.61 Å². The van der Waals surface area contributed by atoms with Crippen LogP contribution < -0.4 is 0 Å². The molecule has 110 valence electrons. The predicted octanol–water partition coefficient (Wildman–Crippen LogP) is 2.30. The zero-order chi connectivity index (χ0) is 15.1. The van der Waals surface area contributed by atoms with Gasteiger partial charge in [0.05, 0.1) is 12.6 Å². The van der Waals surface area contributed by atoms with Gasteiger partial charge in [-0.15, -0.1) is 6.58 Å². The highest BCUT2D eigenvalue weighted by atomic mass is 16.6. The van der Waals surface area contributed by atoms with Crippen LogP contribution in [0.4, 0.5) is 4.79 Å². The Morgan fingerprint density at radius 1 is 1.47 bits per heavy atom. The normalized spacial score (nSPS) is 25.8. The van der Waals surface area contributed by atoms with Crippen molar-refractivity contribution in [3.05, 3.63) is 12.7 Å². The van der Waals surface area contributed by atoms with Gasteiger partial charge in [-0.1, -0.05) is 6.08 Å². The van der Waals surface area contributed by atoms with E-state index in [2.05, 4.69) is 6.58 Å². The minimum atomic E-state index is -1.23. The third kappa shape index (κ3) is 3.48. The van der Waals surface area contributed by atoms with Crippen molar-refractivity contribution >= 4 is 6.09 Å². The molecular weight excluding hydrogens is 246 g/mol. The van der Waals surface area contributed by atoms with E-state index in [0.29, 0.717) is 0 Å². The maximum atomic E-state index is 12.3. The standard InChI is InChI=1S/C14H25NO4/c1-8-14(7,17)10-9-18-13(5,6)15(10)11(16)19-12(2,3)4/h8,10,17H,1,9H2,2-7H3. The SMILES string of the molecule is C=CC(C)(O)C1COC(C)(C)N1C(=O)OC(C)(C)C. The van der Waals surface area contributed by atoms with Crippen LogP contribution in [-0.4, -0.2) is 45.7 Å². The van der Waals surface area contributed by atoms with E-state index in [1.165, 1.54) is 11.0 Å². The first-order valence-corrected chi connectivity index (χ1v) is 6.43. The van der Waals surface area contributed by atoms with E-state index in [4.69, 9.17) is 9.47 Å². The van der Waals surface area contributed by atoms with Gasteiger partial charge in [0, 0.05) is 0 Å². The van der Waals surface area contributed by atoms with Gasteiger partial charge in [-0.25, -0.2) is 4.79 Å². The van der Waals surface area contributed by atoms with Crippen molar-refractivity contribution < 1.29 is 19.4 Å². The first-order valence-electron chi connectivity index (χ1n) is 6.43. The van der Waals surface area contributed by atoms with Crippen LogP contribution in [0.5, 0.6) is 0 Å². The third-order valence-electron chi connectivity index (χ3n) is 3.16. The Morgan fingerprint density at radius 3 is 2.42 bits per heavy atom. The number of aliphatic hydroxyl groups is 1. The number of hydrogen-bond donors (Lipinski definition) is 1. The summed E-state index contributed by atoms with van der Waals surface area (Å²) in [6, 6.07) is -0.519. The fourth-order valence-corrected chi connectivity index (χ4v) is 2.03. The zero-order valence-electron chi connectivity index (χ0n) is 12.7. The molecule has 2 unspecified atom stereocenters. The Morgan fingerprint density at radius 2 is 2.00 bits per heavy atom. The van der Waals surface area contributed by atoms with Gasteiger partial charge in [-0.3, -0.25) is 4.90 Å². The fraction of sp³-hybridized carbons (Fsp3) is 0.786. The minimum Gasteiger partial charge on any atom is -0.444 e. The molecule has 19 heavy (non-hydrogen) atoms. The molecule has 0 aromatic heterocycles. The van der Waals surface area contributed by atoms with Gasteiger partial charge < -0.3 is 14.6 Å². The van der Waals surface area contributed by atoms with Crippen molar-refractivity contribution in [2.24, 2.45) is 0 Å². The summed E-state index contributed by atoms with van der Waals surface area (Å²) in [4.78, 5) is 13.8. The lowest BCUT2D eigenvalue weighted by molar-refractivity contribution is -0.0722. The van der Waals surface area contributed by atoms with E-state index in [0.717, 1.165) is 0 Å². The smallest absolute Gasteiger partial charge is 0.413 e. The lowest BCUT2D eigenvalue weighted by Gasteiger charge is -2.39. The largest absolute Gasteiger partial charge is 0.444 e. The number of amides is 1. The molecule has 0 aromatic rings. The van der Waals surface area contributed by atoms with Crippen molar-refractivity contribution in [1.82, 2.24) is 4.90 Å². The first kappa shape index (κ1) is 16.0. The molecule has 0 spiro atoms. The summed E-state index contributed by atoms with van der Waals surface area (Å²) in [6.07, 6.45) is 0.918. The molecule has 1 amide bonds. The summed E-state index contributed by atoms with van der Waals surface area (Å²) in [5.74, 6) is 0. The Kier molecular flexibility index (Phi) is 4.04. The van der Waals surface area contributed by atoms with Gasteiger partial charge in [0.25, 0.3) is 0 Å². The maximum Gasteiger partial charge on any atom is 0.413 e. The van der Waals surface area contributed by atoms with Gasteiger partial charge in [0.1, 0.15) is 16.9 Å². The van der Waals surface area contributed by atoms with E-state index in [1.807, 2.05) is 0 Å². The van der Waals surface area contributed by atoms with E-state index in [9.17, 15) is 9.90 Å². The van der Waals surface area contributed by atoms with Crippen LogP contribution in [0.2, 0.25) is 0 Å². The third-order valence-corrected chi connectivity index (χ3v) is 3.16. The molecule has 0 bridgehead atoms. The van der Waals surface area contributed by atoms with Gasteiger partial charge in [-0.05, 0) is 41.5 Å². The summed E-state index contributed by atoms with van der Waals surface area (Å²) in [5.41, 5.74) is -2.65. The molecule has 1 saturated heterocycles. The Balaban J connectivity index is 3.03. The van der Waals surface area contributed by atoms with Crippen molar-refractivity contribution in [2.45, 2.75) is 64.5 Å². The average molecular weight is 271 g/mol. The second kappa shape index (κ2) is 4.80. The molecule has 2 atom stereocenters. The van der Waals surface area contributed by atoms with Crippen LogP contribution in [0, 0.1) is 0 Å². The summed E-state index contributed by atoms with van der Waals surface area (Å²) in [5, 5.41) is 10.3. The molecule has 0 aliphatic carbocycles. The molecule has 5 nitrogen and oxygen atoms in total. The summed E-state index contributed by atoms with van der Waals surface area (Å²) in [6.45, 7) is 14.4. The van der Waals surface area contributed by atoms with Crippen LogP contribution in [-0.2, 0) is 9.47 Å². The van der Waals surface area contributed by atoms with Crippen molar-refractivity contribution in [3.8, 4) is 0 Å². The van der Waals surface area contributed by atoms with Crippen LogP contribution in [0.25, 0.3) is 0 Å². The lowest BCUT2D eigenvalue weighted by Crippen LogP contribution is -2.56. The second-order valence-electron chi connectivity index (χ2n) is 6.55. The summed E-state index contributed by atoms with van der Waals surface area (Å²) < 4.78 is 11.0. The van der Waals surface area contributed by atoms with Gasteiger partial charge in [0.2, 0.25) is 0 Å². The molecule has 1 heterocycles. The zero-order valence-corrected chi connectivity index (χ0v) is 12.7. The van der Waals surface area contributed by atoms with E-state index < -0.39 is 29.1 Å². The van der Waals surface area contributed by atoms with Crippen molar-refractivity contribution in [3.63, 3.8) is 0 Å². The second-order valence-corrected chi connectivity index (χ2v) is 6.55. The number of rotatable bonds is 2. The summed E-state index contributed by atoms with van der Waals surface area (Å²) in [7, 11) is 0. The van der Waals surface area contributed by atoms with Gasteiger partial charge in [0.15, 0.2) is 0 Å². The highest BCUT2D eigenvalue weighted by Gasteiger charge is 2.51. The molecule has 1 fully saturated rings. The van der Waals surface area contributed by atoms with E-state index in [1.54, 1.807) is 41.5 Å². The van der Waals surface area contributed by atoms with Gasteiger partial charge >= 0.3 is 6.09 Å². The molecular formula is C14H25NO4. The van der Waals surface area contributed by atoms with Crippen LogP contribution in [0.1, 0.15) is 41.5 Å². The quantitative estimate of drug-likeness (QED) is 0.783. The first-order chi connectivity index (χ1) is 8.41. The highest BCUT2D eigenvalue weighted by molar-refractivity contribution is 5.70. The molecule has 0 aromatic carbocycles. The van der Waals surface area contributed by atoms with Crippen molar-refractivity contribution in [1.29, 1.82) is 0 Å². The van der Waals surface area contributed by atoms with Crippen molar-refractivity contribution in [2.75, 3.05) is 6.61 Å². The monoisotopic (exact) mass is 271 g/mol. The molecule has 0 saturated carbocycles. The molecule has 0 radical (unpaired) electrons. The molecule has 1 N–H and O–H groups in total. The molecule has 1 rings (SSSR count). The molecule has 1 aliphatic rings. The summed E-state index contributed by atoms with van der Waals surface area (Å²) >= 11 is 0. The fourth-order valence-electron chi connectivity index (χ4n) is 2.03. The number of hydrogen-bond acceptors (Lipinski definition) is 4. The average Bonchev–Trinajstić information content (AvgIpc) is 2.52. The van der Waals surface area contributed by atoms with Crippen LogP contribution in [0.3, 0.4) is 0 Å². The number of ether oxygens (including phenoxy) is 2. The van der Waals surface area contributed by atoms with Gasteiger partial charge in [-0.2, -0.15) is 0 Å². The lowest BCUT2D eigenvalue weighted by atomic mass is 9.96. The Labute approximate surface area is 115 Å². The minimum absolute atomic E-state index is 0.241.